The first kappa shape index (κ1) is 15.2. The van der Waals surface area contributed by atoms with E-state index in [1.165, 1.54) is 0 Å². The van der Waals surface area contributed by atoms with Crippen LogP contribution in [0.5, 0.6) is 11.5 Å². The number of hydrogen-bond donors (Lipinski definition) is 1. The Labute approximate surface area is 143 Å². The number of carbonyl (C=O) groups excluding carboxylic acids is 1. The summed E-state index contributed by atoms with van der Waals surface area (Å²) in [6, 6.07) is 14.8. The van der Waals surface area contributed by atoms with Gasteiger partial charge in [0.05, 0.1) is 6.04 Å². The van der Waals surface area contributed by atoms with Crippen molar-refractivity contribution < 1.29 is 18.8 Å². The van der Waals surface area contributed by atoms with E-state index in [1.807, 2.05) is 37.3 Å². The molecule has 0 spiro atoms. The van der Waals surface area contributed by atoms with Crippen LogP contribution in [0.15, 0.2) is 53.1 Å². The van der Waals surface area contributed by atoms with Crippen LogP contribution in [0.2, 0.25) is 0 Å². The predicted molar refractivity (Wildman–Crippen MR) is 88.2 cm³/mol. The Kier molecular flexibility index (Phi) is 3.81. The molecule has 1 amide bonds. The van der Waals surface area contributed by atoms with Crippen molar-refractivity contribution in [3.05, 3.63) is 59.9 Å². The monoisotopic (exact) mass is 337 g/mol. The SMILES string of the molecule is C[C@H](NC(=O)c1noc(-c2ccc3c(c2)OCO3)n1)c1ccccc1. The molecule has 0 bridgehead atoms. The Morgan fingerprint density at radius 2 is 1.92 bits per heavy atom. The van der Waals surface area contributed by atoms with Crippen molar-refractivity contribution in [2.45, 2.75) is 13.0 Å². The zero-order valence-electron chi connectivity index (χ0n) is 13.4. The van der Waals surface area contributed by atoms with Crippen molar-refractivity contribution in [3.63, 3.8) is 0 Å². The van der Waals surface area contributed by atoms with Crippen LogP contribution in [0.1, 0.15) is 29.1 Å². The van der Waals surface area contributed by atoms with Crippen molar-refractivity contribution in [1.82, 2.24) is 15.5 Å². The molecule has 25 heavy (non-hydrogen) atoms. The standard InChI is InChI=1S/C18H15N3O4/c1-11(12-5-3-2-4-6-12)19-17(22)16-20-18(25-21-16)13-7-8-14-15(9-13)24-10-23-14/h2-9,11H,10H2,1H3,(H,19,22)/t11-/m0/s1. The highest BCUT2D eigenvalue weighted by Gasteiger charge is 2.20. The second-order valence-electron chi connectivity index (χ2n) is 5.60. The first-order chi connectivity index (χ1) is 12.2. The highest BCUT2D eigenvalue weighted by Crippen LogP contribution is 2.35. The molecule has 4 rings (SSSR count). The molecular weight excluding hydrogens is 322 g/mol. The smallest absolute Gasteiger partial charge is 0.293 e. The summed E-state index contributed by atoms with van der Waals surface area (Å²) in [5.74, 6) is 1.11. The number of nitrogens with zero attached hydrogens (tertiary/aromatic N) is 2. The molecule has 1 atom stereocenters. The molecule has 1 aliphatic rings. The number of ether oxygens (including phenoxy) is 2. The van der Waals surface area contributed by atoms with Crippen LogP contribution in [0, 0.1) is 0 Å². The van der Waals surface area contributed by atoms with Gasteiger partial charge >= 0.3 is 0 Å². The van der Waals surface area contributed by atoms with E-state index in [0.717, 1.165) is 5.56 Å². The minimum atomic E-state index is -0.396. The van der Waals surface area contributed by atoms with Crippen LogP contribution >= 0.6 is 0 Å². The molecule has 1 aromatic heterocycles. The normalized spacial score (nSPS) is 13.5. The van der Waals surface area contributed by atoms with E-state index in [4.69, 9.17) is 14.0 Å². The lowest BCUT2D eigenvalue weighted by molar-refractivity contribution is 0.0926. The summed E-state index contributed by atoms with van der Waals surface area (Å²) >= 11 is 0. The van der Waals surface area contributed by atoms with Crippen LogP contribution in [-0.2, 0) is 0 Å². The van der Waals surface area contributed by atoms with Crippen LogP contribution in [0.25, 0.3) is 11.5 Å². The van der Waals surface area contributed by atoms with Crippen molar-refractivity contribution >= 4 is 5.91 Å². The molecule has 1 N–H and O–H groups in total. The quantitative estimate of drug-likeness (QED) is 0.788. The molecular formula is C18H15N3O4. The summed E-state index contributed by atoms with van der Waals surface area (Å²) in [7, 11) is 0. The van der Waals surface area contributed by atoms with E-state index in [9.17, 15) is 4.79 Å². The van der Waals surface area contributed by atoms with Gasteiger partial charge in [-0.05, 0) is 30.7 Å². The number of benzene rings is 2. The van der Waals surface area contributed by atoms with Gasteiger partial charge in [-0.1, -0.05) is 35.5 Å². The predicted octanol–water partition coefficient (Wildman–Crippen LogP) is 2.96. The average Bonchev–Trinajstić information content (AvgIpc) is 3.31. The van der Waals surface area contributed by atoms with Gasteiger partial charge in [0.2, 0.25) is 6.79 Å². The molecule has 0 saturated heterocycles. The lowest BCUT2D eigenvalue weighted by Gasteiger charge is -2.12. The molecule has 2 aromatic carbocycles. The summed E-state index contributed by atoms with van der Waals surface area (Å²) in [5, 5.41) is 6.61. The molecule has 0 saturated carbocycles. The molecule has 0 fully saturated rings. The fourth-order valence-electron chi connectivity index (χ4n) is 2.55. The van der Waals surface area contributed by atoms with Gasteiger partial charge in [0.25, 0.3) is 17.6 Å². The van der Waals surface area contributed by atoms with Gasteiger partial charge < -0.3 is 19.3 Å². The molecule has 0 aliphatic carbocycles. The summed E-state index contributed by atoms with van der Waals surface area (Å²) in [6.45, 7) is 2.08. The molecule has 3 aromatic rings. The van der Waals surface area contributed by atoms with Crippen molar-refractivity contribution in [2.24, 2.45) is 0 Å². The van der Waals surface area contributed by atoms with Crippen molar-refractivity contribution in [1.29, 1.82) is 0 Å². The number of aromatic nitrogens is 2. The molecule has 0 radical (unpaired) electrons. The number of nitrogens with one attached hydrogen (secondary N) is 1. The van der Waals surface area contributed by atoms with E-state index in [0.29, 0.717) is 17.1 Å². The maximum absolute atomic E-state index is 12.3. The van der Waals surface area contributed by atoms with Crippen molar-refractivity contribution in [2.75, 3.05) is 6.79 Å². The first-order valence-electron chi connectivity index (χ1n) is 7.80. The number of hydrogen-bond acceptors (Lipinski definition) is 6. The third kappa shape index (κ3) is 3.03. The Morgan fingerprint density at radius 3 is 2.76 bits per heavy atom. The largest absolute Gasteiger partial charge is 0.454 e. The Balaban J connectivity index is 1.50. The number of carbonyl (C=O) groups is 1. The number of fused-ring (bicyclic) bond motifs is 1. The summed E-state index contributed by atoms with van der Waals surface area (Å²) in [4.78, 5) is 16.5. The van der Waals surface area contributed by atoms with Gasteiger partial charge in [0.1, 0.15) is 0 Å². The topological polar surface area (TPSA) is 86.5 Å². The van der Waals surface area contributed by atoms with Gasteiger partial charge in [-0.3, -0.25) is 4.79 Å². The number of rotatable bonds is 4. The van der Waals surface area contributed by atoms with Crippen LogP contribution < -0.4 is 14.8 Å². The number of amides is 1. The molecule has 126 valence electrons. The van der Waals surface area contributed by atoms with Gasteiger partial charge in [-0.25, -0.2) is 0 Å². The van der Waals surface area contributed by atoms with Gasteiger partial charge in [-0.15, -0.1) is 0 Å². The Morgan fingerprint density at radius 1 is 1.12 bits per heavy atom. The van der Waals surface area contributed by atoms with Gasteiger partial charge in [0, 0.05) is 5.56 Å². The fraction of sp³-hybridized carbons (Fsp3) is 0.167. The molecule has 7 nitrogen and oxygen atoms in total. The summed E-state index contributed by atoms with van der Waals surface area (Å²) < 4.78 is 15.8. The minimum Gasteiger partial charge on any atom is -0.454 e. The lowest BCUT2D eigenvalue weighted by Crippen LogP contribution is -2.27. The minimum absolute atomic E-state index is 0.0181. The maximum Gasteiger partial charge on any atom is 0.293 e. The fourth-order valence-corrected chi connectivity index (χ4v) is 2.55. The molecule has 7 heteroatoms. The average molecular weight is 337 g/mol. The molecule has 2 heterocycles. The highest BCUT2D eigenvalue weighted by molar-refractivity contribution is 5.90. The van der Waals surface area contributed by atoms with Gasteiger partial charge in [0.15, 0.2) is 11.5 Å². The Hall–Kier alpha value is -3.35. The van der Waals surface area contributed by atoms with E-state index in [1.54, 1.807) is 18.2 Å². The first-order valence-corrected chi connectivity index (χ1v) is 7.80. The van der Waals surface area contributed by atoms with Crippen LogP contribution in [0.3, 0.4) is 0 Å². The second-order valence-corrected chi connectivity index (χ2v) is 5.60. The lowest BCUT2D eigenvalue weighted by atomic mass is 10.1. The van der Waals surface area contributed by atoms with E-state index >= 15 is 0 Å². The third-order valence-electron chi connectivity index (χ3n) is 3.90. The van der Waals surface area contributed by atoms with E-state index < -0.39 is 5.91 Å². The van der Waals surface area contributed by atoms with Crippen molar-refractivity contribution in [3.8, 4) is 23.0 Å². The zero-order chi connectivity index (χ0) is 17.2. The van der Waals surface area contributed by atoms with Gasteiger partial charge in [-0.2, -0.15) is 4.98 Å². The Bertz CT molecular complexity index is 908. The van der Waals surface area contributed by atoms with E-state index in [2.05, 4.69) is 15.5 Å². The second kappa shape index (κ2) is 6.27. The maximum atomic E-state index is 12.3. The molecule has 0 unspecified atom stereocenters. The highest BCUT2D eigenvalue weighted by atomic mass is 16.7. The summed E-state index contributed by atoms with van der Waals surface area (Å²) in [5.41, 5.74) is 1.65. The van der Waals surface area contributed by atoms with Crippen LogP contribution in [0.4, 0.5) is 0 Å². The van der Waals surface area contributed by atoms with E-state index in [-0.39, 0.29) is 24.5 Å². The van der Waals surface area contributed by atoms with Crippen LogP contribution in [-0.4, -0.2) is 22.8 Å². The zero-order valence-corrected chi connectivity index (χ0v) is 13.4. The molecule has 1 aliphatic heterocycles. The third-order valence-corrected chi connectivity index (χ3v) is 3.90. The summed E-state index contributed by atoms with van der Waals surface area (Å²) in [6.07, 6.45) is 0.